The standard InChI is InChI=1S/C27H32N2O7/c1-5-28(6-2)11-12-29-24(19-9-8-18(33-3)16-21(19)34-4)23(26(31)27(29)32)25(30)17-7-10-20-22(15-17)36-14-13-35-20/h7-10,15-16,24,30H,5-6,11-14H2,1-4H3/t24-/m1/s1. The molecule has 0 aliphatic carbocycles. The van der Waals surface area contributed by atoms with Gasteiger partial charge in [0.05, 0.1) is 25.8 Å². The number of Topliss-reactive ketones (excluding diaryl/α,β-unsaturated/α-hetero) is 1. The van der Waals surface area contributed by atoms with E-state index in [0.717, 1.165) is 13.1 Å². The van der Waals surface area contributed by atoms with Crippen molar-refractivity contribution in [2.45, 2.75) is 19.9 Å². The Morgan fingerprint density at radius 2 is 1.75 bits per heavy atom. The first-order valence-corrected chi connectivity index (χ1v) is 12.1. The summed E-state index contributed by atoms with van der Waals surface area (Å²) in [5.74, 6) is 0.364. The third-order valence-electron chi connectivity index (χ3n) is 6.64. The van der Waals surface area contributed by atoms with Crippen molar-refractivity contribution < 1.29 is 33.6 Å². The molecule has 36 heavy (non-hydrogen) atoms. The van der Waals surface area contributed by atoms with Crippen molar-refractivity contribution in [2.75, 3.05) is 53.6 Å². The first-order valence-electron chi connectivity index (χ1n) is 12.1. The van der Waals surface area contributed by atoms with Crippen LogP contribution in [0.25, 0.3) is 5.76 Å². The summed E-state index contributed by atoms with van der Waals surface area (Å²) in [4.78, 5) is 30.3. The van der Waals surface area contributed by atoms with Crippen LogP contribution in [-0.4, -0.2) is 80.2 Å². The average Bonchev–Trinajstić information content (AvgIpc) is 3.17. The number of ketones is 1. The number of aliphatic hydroxyl groups is 1. The molecule has 0 aromatic heterocycles. The SMILES string of the molecule is CCN(CC)CCN1C(=O)C(=O)C(=C(O)c2ccc3c(c2)OCCO3)[C@H]1c1ccc(OC)cc1OC. The molecule has 2 aromatic rings. The lowest BCUT2D eigenvalue weighted by Gasteiger charge is -2.29. The molecule has 2 heterocycles. The Hall–Kier alpha value is -3.72. The summed E-state index contributed by atoms with van der Waals surface area (Å²) in [6.45, 7) is 7.43. The highest BCUT2D eigenvalue weighted by Gasteiger charge is 2.47. The molecule has 1 amide bonds. The number of likely N-dealkylation sites (tertiary alicyclic amines) is 1. The highest BCUT2D eigenvalue weighted by Crippen LogP contribution is 2.44. The molecule has 9 nitrogen and oxygen atoms in total. The monoisotopic (exact) mass is 496 g/mol. The minimum atomic E-state index is -0.838. The van der Waals surface area contributed by atoms with Gasteiger partial charge in [-0.3, -0.25) is 9.59 Å². The average molecular weight is 497 g/mol. The maximum absolute atomic E-state index is 13.4. The van der Waals surface area contributed by atoms with Crippen molar-refractivity contribution in [3.05, 3.63) is 53.1 Å². The molecule has 9 heteroatoms. The van der Waals surface area contributed by atoms with E-state index in [1.165, 1.54) is 12.0 Å². The van der Waals surface area contributed by atoms with Gasteiger partial charge in [-0.2, -0.15) is 0 Å². The second-order valence-corrected chi connectivity index (χ2v) is 8.49. The van der Waals surface area contributed by atoms with Crippen LogP contribution in [0.2, 0.25) is 0 Å². The van der Waals surface area contributed by atoms with Crippen LogP contribution >= 0.6 is 0 Å². The summed E-state index contributed by atoms with van der Waals surface area (Å²) in [5.41, 5.74) is 0.939. The van der Waals surface area contributed by atoms with Gasteiger partial charge in [-0.1, -0.05) is 13.8 Å². The number of fused-ring (bicyclic) bond motifs is 1. The van der Waals surface area contributed by atoms with Crippen LogP contribution < -0.4 is 18.9 Å². The molecule has 0 saturated carbocycles. The van der Waals surface area contributed by atoms with E-state index in [1.54, 1.807) is 43.5 Å². The van der Waals surface area contributed by atoms with Crippen molar-refractivity contribution in [3.63, 3.8) is 0 Å². The Morgan fingerprint density at radius 3 is 2.42 bits per heavy atom. The molecular formula is C27H32N2O7. The number of rotatable bonds is 9. The Bertz CT molecular complexity index is 1170. The van der Waals surface area contributed by atoms with Crippen molar-refractivity contribution in [1.29, 1.82) is 0 Å². The van der Waals surface area contributed by atoms with E-state index in [2.05, 4.69) is 4.90 Å². The summed E-state index contributed by atoms with van der Waals surface area (Å²) in [6.07, 6.45) is 0. The summed E-state index contributed by atoms with van der Waals surface area (Å²) >= 11 is 0. The number of carbonyl (C=O) groups excluding carboxylic acids is 2. The van der Waals surface area contributed by atoms with E-state index in [-0.39, 0.29) is 11.3 Å². The molecular weight excluding hydrogens is 464 g/mol. The van der Waals surface area contributed by atoms with Crippen LogP contribution in [-0.2, 0) is 9.59 Å². The molecule has 2 aliphatic heterocycles. The number of aliphatic hydroxyl groups excluding tert-OH is 1. The van der Waals surface area contributed by atoms with Gasteiger partial charge in [-0.05, 0) is 43.4 Å². The largest absolute Gasteiger partial charge is 0.507 e. The zero-order valence-corrected chi connectivity index (χ0v) is 21.1. The molecule has 4 rings (SSSR count). The lowest BCUT2D eigenvalue weighted by molar-refractivity contribution is -0.140. The quantitative estimate of drug-likeness (QED) is 0.321. The third-order valence-corrected chi connectivity index (χ3v) is 6.64. The molecule has 1 saturated heterocycles. The van der Waals surface area contributed by atoms with Gasteiger partial charge in [0, 0.05) is 30.3 Å². The van der Waals surface area contributed by atoms with Crippen molar-refractivity contribution in [1.82, 2.24) is 9.80 Å². The first kappa shape index (κ1) is 25.4. The van der Waals surface area contributed by atoms with Gasteiger partial charge in [-0.25, -0.2) is 0 Å². The fourth-order valence-electron chi connectivity index (χ4n) is 4.61. The van der Waals surface area contributed by atoms with Gasteiger partial charge in [0.2, 0.25) is 0 Å². The van der Waals surface area contributed by atoms with Crippen molar-refractivity contribution >= 4 is 17.4 Å². The molecule has 1 atom stereocenters. The summed E-state index contributed by atoms with van der Waals surface area (Å²) in [7, 11) is 3.06. The predicted octanol–water partition coefficient (Wildman–Crippen LogP) is 3.24. The van der Waals surface area contributed by atoms with Crippen LogP contribution in [0.1, 0.15) is 31.0 Å². The second-order valence-electron chi connectivity index (χ2n) is 8.49. The van der Waals surface area contributed by atoms with E-state index < -0.39 is 17.7 Å². The van der Waals surface area contributed by atoms with Gasteiger partial charge < -0.3 is 33.9 Å². The smallest absolute Gasteiger partial charge is 0.295 e. The fourth-order valence-corrected chi connectivity index (χ4v) is 4.61. The second kappa shape index (κ2) is 10.9. The Balaban J connectivity index is 1.84. The molecule has 0 unspecified atom stereocenters. The molecule has 0 radical (unpaired) electrons. The number of nitrogens with zero attached hydrogens (tertiary/aromatic N) is 2. The van der Waals surface area contributed by atoms with E-state index in [4.69, 9.17) is 18.9 Å². The topological polar surface area (TPSA) is 97.8 Å². The van der Waals surface area contributed by atoms with Gasteiger partial charge in [0.1, 0.15) is 30.5 Å². The molecule has 2 aromatic carbocycles. The van der Waals surface area contributed by atoms with Gasteiger partial charge >= 0.3 is 0 Å². The van der Waals surface area contributed by atoms with E-state index in [1.807, 2.05) is 13.8 Å². The Kier molecular flexibility index (Phi) is 7.69. The van der Waals surface area contributed by atoms with Gasteiger partial charge in [-0.15, -0.1) is 0 Å². The fraction of sp³-hybridized carbons (Fsp3) is 0.407. The number of ether oxygens (including phenoxy) is 4. The molecule has 0 bridgehead atoms. The molecule has 0 spiro atoms. The number of likely N-dealkylation sites (N-methyl/N-ethyl adjacent to an activating group) is 1. The zero-order valence-electron chi connectivity index (χ0n) is 21.1. The van der Waals surface area contributed by atoms with Gasteiger partial charge in [0.15, 0.2) is 11.5 Å². The van der Waals surface area contributed by atoms with Crippen LogP contribution in [0.15, 0.2) is 42.0 Å². The highest BCUT2D eigenvalue weighted by atomic mass is 16.6. The highest BCUT2D eigenvalue weighted by molar-refractivity contribution is 6.46. The number of carbonyl (C=O) groups is 2. The van der Waals surface area contributed by atoms with Crippen molar-refractivity contribution in [2.24, 2.45) is 0 Å². The lowest BCUT2D eigenvalue weighted by atomic mass is 9.94. The van der Waals surface area contributed by atoms with Crippen LogP contribution in [0.4, 0.5) is 0 Å². The predicted molar refractivity (Wildman–Crippen MR) is 134 cm³/mol. The van der Waals surface area contributed by atoms with Crippen molar-refractivity contribution in [3.8, 4) is 23.0 Å². The maximum atomic E-state index is 13.4. The summed E-state index contributed by atoms with van der Waals surface area (Å²) in [5, 5.41) is 11.4. The Labute approximate surface area is 210 Å². The molecule has 2 aliphatic rings. The minimum absolute atomic E-state index is 0.000286. The van der Waals surface area contributed by atoms with Crippen LogP contribution in [0.5, 0.6) is 23.0 Å². The van der Waals surface area contributed by atoms with Crippen LogP contribution in [0.3, 0.4) is 0 Å². The minimum Gasteiger partial charge on any atom is -0.507 e. The number of hydrogen-bond donors (Lipinski definition) is 1. The maximum Gasteiger partial charge on any atom is 0.295 e. The molecule has 1 fully saturated rings. The zero-order chi connectivity index (χ0) is 25.8. The third kappa shape index (κ3) is 4.70. The number of benzene rings is 2. The van der Waals surface area contributed by atoms with E-state index in [9.17, 15) is 14.7 Å². The number of methoxy groups -OCH3 is 2. The number of amides is 1. The lowest BCUT2D eigenvalue weighted by Crippen LogP contribution is -2.38. The summed E-state index contributed by atoms with van der Waals surface area (Å²) in [6, 6.07) is 9.31. The molecule has 192 valence electrons. The first-order chi connectivity index (χ1) is 17.4. The summed E-state index contributed by atoms with van der Waals surface area (Å²) < 4.78 is 22.2. The van der Waals surface area contributed by atoms with Crippen LogP contribution in [0, 0.1) is 0 Å². The molecule has 1 N–H and O–H groups in total. The number of hydrogen-bond acceptors (Lipinski definition) is 8. The van der Waals surface area contributed by atoms with E-state index >= 15 is 0 Å². The normalized spacial score (nSPS) is 18.6. The Morgan fingerprint density at radius 1 is 1.03 bits per heavy atom. The van der Waals surface area contributed by atoms with Gasteiger partial charge in [0.25, 0.3) is 11.7 Å². The van der Waals surface area contributed by atoms with E-state index in [0.29, 0.717) is 60.4 Å².